The van der Waals surface area contributed by atoms with Crippen LogP contribution in [0, 0.1) is 27.7 Å². The lowest BCUT2D eigenvalue weighted by Crippen LogP contribution is -2.33. The number of urea groups is 1. The number of sulfonamides is 1. The minimum absolute atomic E-state index is 0.0109. The number of rotatable bonds is 7. The van der Waals surface area contributed by atoms with Gasteiger partial charge in [-0.3, -0.25) is 19.2 Å². The number of benzene rings is 2. The maximum absolute atomic E-state index is 13.0. The van der Waals surface area contributed by atoms with Gasteiger partial charge in [0.05, 0.1) is 11.4 Å². The van der Waals surface area contributed by atoms with Crippen LogP contribution in [0.25, 0.3) is 0 Å². The van der Waals surface area contributed by atoms with Gasteiger partial charge in [0.1, 0.15) is 0 Å². The van der Waals surface area contributed by atoms with Crippen molar-refractivity contribution in [2.75, 3.05) is 23.1 Å². The normalized spacial score (nSPS) is 13.8. The molecule has 32 heavy (non-hydrogen) atoms. The Morgan fingerprint density at radius 3 is 2.09 bits per heavy atom. The largest absolute Gasteiger partial charge is 0.329 e. The van der Waals surface area contributed by atoms with Crippen LogP contribution < -0.4 is 15.4 Å². The maximum Gasteiger partial charge on any atom is 0.324 e. The SMILES string of the molecule is Cc1cc(C)c(C)c(S(=O)(=O)Nc2ccc(NC(=O)CCN3C(=O)CNC3=O)cc2)c1C. The highest BCUT2D eigenvalue weighted by Crippen LogP contribution is 2.28. The van der Waals surface area contributed by atoms with Gasteiger partial charge in [0.15, 0.2) is 0 Å². The molecule has 0 radical (unpaired) electrons. The van der Waals surface area contributed by atoms with Crippen molar-refractivity contribution in [3.8, 4) is 0 Å². The molecule has 0 saturated carbocycles. The summed E-state index contributed by atoms with van der Waals surface area (Å²) < 4.78 is 28.7. The maximum atomic E-state index is 13.0. The van der Waals surface area contributed by atoms with Crippen LogP contribution in [-0.2, 0) is 19.6 Å². The molecular weight excluding hydrogens is 432 g/mol. The molecule has 0 unspecified atom stereocenters. The van der Waals surface area contributed by atoms with Crippen LogP contribution in [0.1, 0.15) is 28.7 Å². The van der Waals surface area contributed by atoms with Gasteiger partial charge in [-0.05, 0) is 74.2 Å². The van der Waals surface area contributed by atoms with Crippen molar-refractivity contribution in [3.63, 3.8) is 0 Å². The van der Waals surface area contributed by atoms with Gasteiger partial charge in [-0.2, -0.15) is 0 Å². The van der Waals surface area contributed by atoms with Gasteiger partial charge in [0.25, 0.3) is 10.0 Å². The summed E-state index contributed by atoms with van der Waals surface area (Å²) >= 11 is 0. The summed E-state index contributed by atoms with van der Waals surface area (Å²) in [6.07, 6.45) is -0.0429. The molecule has 0 atom stereocenters. The lowest BCUT2D eigenvalue weighted by Gasteiger charge is -2.17. The minimum Gasteiger partial charge on any atom is -0.329 e. The second-order valence-electron chi connectivity index (χ2n) is 7.77. The van der Waals surface area contributed by atoms with E-state index in [0.29, 0.717) is 22.5 Å². The Bertz CT molecular complexity index is 1150. The molecule has 9 nitrogen and oxygen atoms in total. The summed E-state index contributed by atoms with van der Waals surface area (Å²) in [4.78, 5) is 36.4. The van der Waals surface area contributed by atoms with E-state index in [-0.39, 0.29) is 36.2 Å². The number of nitrogens with one attached hydrogen (secondary N) is 3. The van der Waals surface area contributed by atoms with Crippen LogP contribution in [0.5, 0.6) is 0 Å². The Balaban J connectivity index is 1.65. The monoisotopic (exact) mass is 458 g/mol. The second kappa shape index (κ2) is 8.99. The highest BCUT2D eigenvalue weighted by atomic mass is 32.2. The van der Waals surface area contributed by atoms with E-state index >= 15 is 0 Å². The molecule has 2 aromatic rings. The standard InChI is InChI=1S/C22H26N4O5S/c1-13-11-14(2)16(4)21(15(13)3)32(30,31)25-18-7-5-17(6-8-18)24-19(27)9-10-26-20(28)12-23-22(26)29/h5-8,11,25H,9-10,12H2,1-4H3,(H,23,29)(H,24,27). The Morgan fingerprint density at radius 1 is 1.00 bits per heavy atom. The van der Waals surface area contributed by atoms with Crippen molar-refractivity contribution < 1.29 is 22.8 Å². The van der Waals surface area contributed by atoms with Crippen molar-refractivity contribution in [1.29, 1.82) is 0 Å². The van der Waals surface area contributed by atoms with E-state index < -0.39 is 16.1 Å². The zero-order valence-electron chi connectivity index (χ0n) is 18.4. The zero-order valence-corrected chi connectivity index (χ0v) is 19.2. The first kappa shape index (κ1) is 23.3. The number of nitrogens with zero attached hydrogens (tertiary/aromatic N) is 1. The average Bonchev–Trinajstić information content (AvgIpc) is 3.03. The molecule has 170 valence electrons. The number of anilines is 2. The summed E-state index contributed by atoms with van der Waals surface area (Å²) in [5.74, 6) is -0.735. The second-order valence-corrected chi connectivity index (χ2v) is 9.39. The molecule has 0 aromatic heterocycles. The third kappa shape index (κ3) is 4.91. The fourth-order valence-corrected chi connectivity index (χ4v) is 5.21. The molecule has 1 heterocycles. The van der Waals surface area contributed by atoms with Gasteiger partial charge in [-0.1, -0.05) is 6.07 Å². The number of amides is 4. The van der Waals surface area contributed by atoms with Crippen LogP contribution >= 0.6 is 0 Å². The number of carbonyl (C=O) groups excluding carboxylic acids is 3. The first-order valence-electron chi connectivity index (χ1n) is 10.1. The van der Waals surface area contributed by atoms with E-state index in [9.17, 15) is 22.8 Å². The van der Waals surface area contributed by atoms with Gasteiger partial charge < -0.3 is 10.6 Å². The number of hydrogen-bond donors (Lipinski definition) is 3. The predicted molar refractivity (Wildman–Crippen MR) is 121 cm³/mol. The molecule has 0 spiro atoms. The number of imide groups is 1. The van der Waals surface area contributed by atoms with Crippen molar-refractivity contribution >= 4 is 39.2 Å². The summed E-state index contributed by atoms with van der Waals surface area (Å²) in [5.41, 5.74) is 4.04. The quantitative estimate of drug-likeness (QED) is 0.550. The molecule has 10 heteroatoms. The average molecular weight is 459 g/mol. The van der Waals surface area contributed by atoms with Crippen molar-refractivity contribution in [2.45, 2.75) is 39.0 Å². The van der Waals surface area contributed by atoms with Gasteiger partial charge in [0, 0.05) is 24.3 Å². The van der Waals surface area contributed by atoms with Crippen molar-refractivity contribution in [2.24, 2.45) is 0 Å². The fraction of sp³-hybridized carbons (Fsp3) is 0.318. The molecule has 3 rings (SSSR count). The smallest absolute Gasteiger partial charge is 0.324 e. The molecule has 1 aliphatic rings. The highest BCUT2D eigenvalue weighted by molar-refractivity contribution is 7.92. The van der Waals surface area contributed by atoms with E-state index in [1.807, 2.05) is 19.9 Å². The Hall–Kier alpha value is -3.40. The molecular formula is C22H26N4O5S. The fourth-order valence-electron chi connectivity index (χ4n) is 3.53. The number of aryl methyl sites for hydroxylation is 2. The van der Waals surface area contributed by atoms with Gasteiger partial charge in [-0.15, -0.1) is 0 Å². The molecule has 2 aromatic carbocycles. The van der Waals surface area contributed by atoms with E-state index in [0.717, 1.165) is 16.0 Å². The van der Waals surface area contributed by atoms with Gasteiger partial charge in [0.2, 0.25) is 11.8 Å². The molecule has 1 saturated heterocycles. The Morgan fingerprint density at radius 2 is 1.56 bits per heavy atom. The third-order valence-corrected chi connectivity index (χ3v) is 7.14. The van der Waals surface area contributed by atoms with E-state index in [1.54, 1.807) is 38.1 Å². The van der Waals surface area contributed by atoms with E-state index in [1.165, 1.54) is 0 Å². The Labute approximate surface area is 187 Å². The molecule has 4 amide bonds. The Kier molecular flexibility index (Phi) is 6.54. The van der Waals surface area contributed by atoms with E-state index in [4.69, 9.17) is 0 Å². The zero-order chi connectivity index (χ0) is 23.6. The lowest BCUT2D eigenvalue weighted by molar-refractivity contribution is -0.125. The minimum atomic E-state index is -3.80. The van der Waals surface area contributed by atoms with Crippen molar-refractivity contribution in [3.05, 3.63) is 52.6 Å². The van der Waals surface area contributed by atoms with Crippen LogP contribution in [0.3, 0.4) is 0 Å². The van der Waals surface area contributed by atoms with Crippen LogP contribution in [-0.4, -0.2) is 44.3 Å². The van der Waals surface area contributed by atoms with Crippen LogP contribution in [0.15, 0.2) is 35.2 Å². The molecule has 1 aliphatic heterocycles. The van der Waals surface area contributed by atoms with Crippen LogP contribution in [0.2, 0.25) is 0 Å². The van der Waals surface area contributed by atoms with Crippen molar-refractivity contribution in [1.82, 2.24) is 10.2 Å². The summed E-state index contributed by atoms with van der Waals surface area (Å²) in [6, 6.07) is 7.71. The van der Waals surface area contributed by atoms with Gasteiger partial charge in [-0.25, -0.2) is 13.2 Å². The topological polar surface area (TPSA) is 125 Å². The molecule has 0 bridgehead atoms. The number of carbonyl (C=O) groups is 3. The highest BCUT2D eigenvalue weighted by Gasteiger charge is 2.28. The first-order valence-corrected chi connectivity index (χ1v) is 11.6. The van der Waals surface area contributed by atoms with E-state index in [2.05, 4.69) is 15.4 Å². The summed E-state index contributed by atoms with van der Waals surface area (Å²) in [6.45, 7) is 7.26. The van der Waals surface area contributed by atoms with Crippen LogP contribution in [0.4, 0.5) is 16.2 Å². The summed E-state index contributed by atoms with van der Waals surface area (Å²) in [7, 11) is -3.80. The third-order valence-electron chi connectivity index (χ3n) is 5.49. The first-order chi connectivity index (χ1) is 15.0. The molecule has 3 N–H and O–H groups in total. The van der Waals surface area contributed by atoms with Gasteiger partial charge >= 0.3 is 6.03 Å². The predicted octanol–water partition coefficient (Wildman–Crippen LogP) is 2.60. The summed E-state index contributed by atoms with van der Waals surface area (Å²) in [5, 5.41) is 5.06. The molecule has 0 aliphatic carbocycles. The number of hydrogen-bond acceptors (Lipinski definition) is 5. The molecule has 1 fully saturated rings. The lowest BCUT2D eigenvalue weighted by atomic mass is 10.0.